The maximum Gasteiger partial charge on any atom is 0.144 e. The van der Waals surface area contributed by atoms with E-state index < -0.39 is 0 Å². The Hall–Kier alpha value is -0.197. The van der Waals surface area contributed by atoms with Crippen molar-refractivity contribution in [1.82, 2.24) is 0 Å². The van der Waals surface area contributed by atoms with E-state index in [-0.39, 0.29) is 43.1 Å². The second-order valence-electron chi connectivity index (χ2n) is 3.87. The Labute approximate surface area is 104 Å². The first-order valence-corrected chi connectivity index (χ1v) is 4.03. The Balaban J connectivity index is 0. The first kappa shape index (κ1) is 16.2. The van der Waals surface area contributed by atoms with Crippen molar-refractivity contribution in [3.63, 3.8) is 0 Å². The molecule has 0 aromatic heterocycles. The van der Waals surface area contributed by atoms with Gasteiger partial charge in [0.1, 0.15) is 5.78 Å². The third kappa shape index (κ3) is 4.35. The van der Waals surface area contributed by atoms with Crippen LogP contribution in [0.5, 0.6) is 0 Å². The van der Waals surface area contributed by atoms with E-state index in [1.54, 1.807) is 24.3 Å². The van der Waals surface area contributed by atoms with Crippen LogP contribution in [0.2, 0.25) is 0 Å². The third-order valence-corrected chi connectivity index (χ3v) is 1.66. The first-order chi connectivity index (χ1) is 5.52. The summed E-state index contributed by atoms with van der Waals surface area (Å²) in [6, 6.07) is 10.0. The van der Waals surface area contributed by atoms with E-state index in [4.69, 9.17) is 0 Å². The second-order valence-corrected chi connectivity index (χ2v) is 3.87. The van der Waals surface area contributed by atoms with Crippen molar-refractivity contribution < 1.29 is 24.3 Å². The van der Waals surface area contributed by atoms with E-state index in [1.165, 1.54) is 0 Å². The van der Waals surface area contributed by atoms with Crippen molar-refractivity contribution >= 4 is 18.2 Å². The normalized spacial score (nSPS) is 9.64. The van der Waals surface area contributed by atoms with Crippen LogP contribution in [0.4, 0.5) is 0 Å². The van der Waals surface area contributed by atoms with E-state index in [0.717, 1.165) is 5.56 Å². The largest absolute Gasteiger partial charge is 0.296 e. The van der Waals surface area contributed by atoms with Gasteiger partial charge in [0, 0.05) is 24.9 Å². The number of ketones is 1. The average Bonchev–Trinajstić information content (AvgIpc) is 2.03. The molecule has 0 aliphatic heterocycles. The molecule has 1 aromatic rings. The van der Waals surface area contributed by atoms with E-state index in [0.29, 0.717) is 0 Å². The maximum atomic E-state index is 11.7. The van der Waals surface area contributed by atoms with Crippen LogP contribution in [0.3, 0.4) is 0 Å². The summed E-state index contributed by atoms with van der Waals surface area (Å²) < 4.78 is 0. The number of Topliss-reactive ketones (excluding diaryl/α,β-unsaturated/α-hetero) is 1. The molecule has 0 aliphatic carbocycles. The van der Waals surface area contributed by atoms with E-state index in [2.05, 4.69) is 6.07 Å². The van der Waals surface area contributed by atoms with Gasteiger partial charge in [-0.3, -0.25) is 4.79 Å². The molecule has 0 atom stereocenters. The molecule has 1 rings (SSSR count). The van der Waals surface area contributed by atoms with Crippen LogP contribution in [0.15, 0.2) is 24.3 Å². The van der Waals surface area contributed by atoms with Gasteiger partial charge >= 0.3 is 0 Å². The van der Waals surface area contributed by atoms with Crippen LogP contribution in [-0.2, 0) is 19.5 Å². The van der Waals surface area contributed by atoms with Crippen LogP contribution in [0, 0.1) is 11.5 Å². The molecule has 0 aliphatic rings. The smallest absolute Gasteiger partial charge is 0.144 e. The summed E-state index contributed by atoms with van der Waals surface area (Å²) in [7, 11) is 0. The number of benzene rings is 1. The molecule has 0 amide bonds. The molecule has 0 unspecified atom stereocenters. The molecule has 0 saturated heterocycles. The van der Waals surface area contributed by atoms with Gasteiger partial charge in [-0.2, -0.15) is 30.3 Å². The number of carbonyl (C=O) groups is 1. The quantitative estimate of drug-likeness (QED) is 0.432. The van der Waals surface area contributed by atoms with Gasteiger partial charge in [0.25, 0.3) is 0 Å². The maximum absolute atomic E-state index is 11.7. The van der Waals surface area contributed by atoms with Crippen LogP contribution in [0.1, 0.15) is 31.1 Å². The minimum Gasteiger partial charge on any atom is -0.296 e. The number of hydrogen-bond donors (Lipinski definition) is 0. The molecular weight excluding hydrogens is 249 g/mol. The molecule has 1 nitrogen and oxygen atoms in total. The van der Waals surface area contributed by atoms with Crippen molar-refractivity contribution in [1.29, 1.82) is 0 Å². The van der Waals surface area contributed by atoms with E-state index in [9.17, 15) is 4.79 Å². The van der Waals surface area contributed by atoms with Crippen molar-refractivity contribution in [3.8, 4) is 0 Å². The summed E-state index contributed by atoms with van der Waals surface area (Å²) in [6.07, 6.45) is 0. The fraction of sp³-hybridized carbons (Fsp3) is 0.364. The van der Waals surface area contributed by atoms with Crippen LogP contribution >= 0.6 is 12.4 Å². The molecule has 1 aromatic carbocycles. The van der Waals surface area contributed by atoms with Crippen LogP contribution in [-0.4, -0.2) is 5.78 Å². The van der Waals surface area contributed by atoms with Crippen molar-refractivity contribution in [2.45, 2.75) is 20.8 Å². The van der Waals surface area contributed by atoms with Gasteiger partial charge in [0.15, 0.2) is 0 Å². The zero-order valence-electron chi connectivity index (χ0n) is 8.83. The van der Waals surface area contributed by atoms with Gasteiger partial charge in [-0.1, -0.05) is 26.3 Å². The standard InChI is InChI=1S/C11H13O.ClH.Zn/c1-11(2,3)10(12)9-7-5-4-6-8-9;;/h5-8H,1-3H3;1H;/q-1;;. The van der Waals surface area contributed by atoms with E-state index >= 15 is 0 Å². The Morgan fingerprint density at radius 3 is 2.00 bits per heavy atom. The molecule has 74 valence electrons. The summed E-state index contributed by atoms with van der Waals surface area (Å²) in [5, 5.41) is 0. The zero-order chi connectivity index (χ0) is 9.19. The summed E-state index contributed by atoms with van der Waals surface area (Å²) in [5.74, 6) is 0.177. The summed E-state index contributed by atoms with van der Waals surface area (Å²) >= 11 is 0. The van der Waals surface area contributed by atoms with Crippen molar-refractivity contribution in [2.75, 3.05) is 0 Å². The zero-order valence-corrected chi connectivity index (χ0v) is 12.6. The predicted octanol–water partition coefficient (Wildman–Crippen LogP) is 3.13. The van der Waals surface area contributed by atoms with E-state index in [1.807, 2.05) is 20.8 Å². The van der Waals surface area contributed by atoms with Crippen LogP contribution in [0.25, 0.3) is 0 Å². The Morgan fingerprint density at radius 2 is 1.64 bits per heavy atom. The van der Waals surface area contributed by atoms with Crippen LogP contribution < -0.4 is 0 Å². The second kappa shape index (κ2) is 6.32. The molecule has 14 heavy (non-hydrogen) atoms. The number of hydrogen-bond acceptors (Lipinski definition) is 1. The Morgan fingerprint density at radius 1 is 1.21 bits per heavy atom. The SMILES string of the molecule is CC(C)(C)C(=O)c1cc[c-]cc1.Cl.[Zn]. The predicted molar refractivity (Wildman–Crippen MR) is 56.3 cm³/mol. The number of carbonyl (C=O) groups excluding carboxylic acids is 1. The van der Waals surface area contributed by atoms with Crippen molar-refractivity contribution in [3.05, 3.63) is 35.9 Å². The van der Waals surface area contributed by atoms with Gasteiger partial charge in [0.05, 0.1) is 0 Å². The van der Waals surface area contributed by atoms with Gasteiger partial charge < -0.3 is 0 Å². The topological polar surface area (TPSA) is 17.1 Å². The molecular formula is C11H14ClOZn-. The Kier molecular flexibility index (Phi) is 7.33. The molecule has 3 heteroatoms. The molecule has 0 bridgehead atoms. The van der Waals surface area contributed by atoms with Gasteiger partial charge in [-0.05, 0) is 0 Å². The molecule has 0 fully saturated rings. The Bertz CT molecular complexity index is 277. The first-order valence-electron chi connectivity index (χ1n) is 4.03. The fourth-order valence-corrected chi connectivity index (χ4v) is 0.971. The minimum absolute atomic E-state index is 0. The molecule has 0 N–H and O–H groups in total. The summed E-state index contributed by atoms with van der Waals surface area (Å²) in [4.78, 5) is 11.7. The molecule has 0 spiro atoms. The third-order valence-electron chi connectivity index (χ3n) is 1.66. The van der Waals surface area contributed by atoms with Crippen molar-refractivity contribution in [2.24, 2.45) is 5.41 Å². The molecule has 0 radical (unpaired) electrons. The molecule has 0 saturated carbocycles. The van der Waals surface area contributed by atoms with Gasteiger partial charge in [-0.25, -0.2) is 0 Å². The summed E-state index contributed by atoms with van der Waals surface area (Å²) in [6.45, 7) is 5.77. The van der Waals surface area contributed by atoms with Gasteiger partial charge in [-0.15, -0.1) is 12.4 Å². The fourth-order valence-electron chi connectivity index (χ4n) is 0.971. The monoisotopic (exact) mass is 261 g/mol. The number of rotatable bonds is 1. The summed E-state index contributed by atoms with van der Waals surface area (Å²) in [5.41, 5.74) is 0.475. The number of halogens is 1. The average molecular weight is 263 g/mol. The minimum atomic E-state index is -0.290. The molecule has 0 heterocycles. The van der Waals surface area contributed by atoms with Gasteiger partial charge in [0.2, 0.25) is 0 Å².